The molecule has 1 aliphatic heterocycles. The molecule has 1 amide bonds. The standard InChI is InChI=1S/C22H20N6O2/c1-26-20(17(13-23-26)21(30)27-9-5-10-27)19(29)12-16-8-11-28-14-18(25-22(28)24-16)15-6-3-2-4-7-15/h2-4,6-8,11,13-14H,5,9-10,12H2,1H3. The molecule has 0 saturated carbocycles. The Morgan fingerprint density at radius 2 is 1.87 bits per heavy atom. The Morgan fingerprint density at radius 1 is 1.07 bits per heavy atom. The number of Topliss-reactive ketones (excluding diaryl/α,β-unsaturated/α-hetero) is 1. The van der Waals surface area contributed by atoms with Crippen LogP contribution >= 0.6 is 0 Å². The van der Waals surface area contributed by atoms with Crippen LogP contribution in [0.1, 0.15) is 33.0 Å². The quantitative estimate of drug-likeness (QED) is 0.480. The van der Waals surface area contributed by atoms with Crippen LogP contribution in [0.25, 0.3) is 17.0 Å². The molecular weight excluding hydrogens is 380 g/mol. The summed E-state index contributed by atoms with van der Waals surface area (Å²) in [5.41, 5.74) is 3.10. The fourth-order valence-corrected chi connectivity index (χ4v) is 3.62. The molecule has 0 atom stereocenters. The molecule has 0 N–H and O–H groups in total. The Balaban J connectivity index is 1.41. The number of amides is 1. The summed E-state index contributed by atoms with van der Waals surface area (Å²) >= 11 is 0. The highest BCUT2D eigenvalue weighted by atomic mass is 16.2. The summed E-state index contributed by atoms with van der Waals surface area (Å²) < 4.78 is 3.30. The monoisotopic (exact) mass is 400 g/mol. The van der Waals surface area contributed by atoms with E-state index in [2.05, 4.69) is 15.1 Å². The Labute approximate surface area is 172 Å². The van der Waals surface area contributed by atoms with E-state index in [1.54, 1.807) is 18.0 Å². The molecule has 1 fully saturated rings. The van der Waals surface area contributed by atoms with Crippen LogP contribution in [-0.4, -0.2) is 53.8 Å². The van der Waals surface area contributed by atoms with Crippen LogP contribution in [0.4, 0.5) is 0 Å². The molecule has 1 aliphatic rings. The van der Waals surface area contributed by atoms with E-state index in [0.29, 0.717) is 22.7 Å². The van der Waals surface area contributed by atoms with Gasteiger partial charge in [0, 0.05) is 38.1 Å². The zero-order valence-electron chi connectivity index (χ0n) is 16.5. The number of carbonyl (C=O) groups excluding carboxylic acids is 2. The lowest BCUT2D eigenvalue weighted by Crippen LogP contribution is -2.42. The number of nitrogens with zero attached hydrogens (tertiary/aromatic N) is 6. The van der Waals surface area contributed by atoms with Gasteiger partial charge in [0.05, 0.1) is 29.6 Å². The van der Waals surface area contributed by atoms with E-state index in [4.69, 9.17) is 0 Å². The highest BCUT2D eigenvalue weighted by molar-refractivity contribution is 6.07. The van der Waals surface area contributed by atoms with Gasteiger partial charge in [0.1, 0.15) is 5.69 Å². The summed E-state index contributed by atoms with van der Waals surface area (Å²) in [4.78, 5) is 36.5. The summed E-state index contributed by atoms with van der Waals surface area (Å²) in [6.07, 6.45) is 6.30. The molecule has 4 heterocycles. The van der Waals surface area contributed by atoms with E-state index < -0.39 is 0 Å². The van der Waals surface area contributed by atoms with Gasteiger partial charge in [-0.25, -0.2) is 9.97 Å². The average Bonchev–Trinajstić information content (AvgIpc) is 3.30. The number of aromatic nitrogens is 5. The fourth-order valence-electron chi connectivity index (χ4n) is 3.62. The molecule has 30 heavy (non-hydrogen) atoms. The molecule has 0 spiro atoms. The van der Waals surface area contributed by atoms with E-state index in [0.717, 1.165) is 30.8 Å². The number of rotatable bonds is 5. The van der Waals surface area contributed by atoms with Crippen molar-refractivity contribution in [2.24, 2.45) is 7.05 Å². The summed E-state index contributed by atoms with van der Waals surface area (Å²) in [5, 5.41) is 4.14. The SMILES string of the molecule is Cn1ncc(C(=O)N2CCC2)c1C(=O)Cc1ccn2cc(-c3ccccc3)nc2n1. The normalized spacial score (nSPS) is 13.4. The molecule has 5 rings (SSSR count). The number of hydrogen-bond acceptors (Lipinski definition) is 5. The molecule has 0 aliphatic carbocycles. The molecule has 0 unspecified atom stereocenters. The Hall–Kier alpha value is -3.81. The Bertz CT molecular complexity index is 1250. The molecule has 0 radical (unpaired) electrons. The van der Waals surface area contributed by atoms with E-state index in [9.17, 15) is 9.59 Å². The smallest absolute Gasteiger partial charge is 0.257 e. The third-order valence-corrected chi connectivity index (χ3v) is 5.37. The summed E-state index contributed by atoms with van der Waals surface area (Å²) in [5.74, 6) is 0.202. The van der Waals surface area contributed by atoms with E-state index >= 15 is 0 Å². The van der Waals surface area contributed by atoms with E-state index in [-0.39, 0.29) is 18.1 Å². The fraction of sp³-hybridized carbons (Fsp3) is 0.227. The van der Waals surface area contributed by atoms with Crippen molar-refractivity contribution in [1.29, 1.82) is 0 Å². The number of fused-ring (bicyclic) bond motifs is 1. The van der Waals surface area contributed by atoms with Crippen molar-refractivity contribution in [2.75, 3.05) is 13.1 Å². The van der Waals surface area contributed by atoms with Crippen molar-refractivity contribution in [3.05, 3.63) is 71.9 Å². The van der Waals surface area contributed by atoms with Gasteiger partial charge in [0.2, 0.25) is 5.78 Å². The average molecular weight is 400 g/mol. The van der Waals surface area contributed by atoms with Gasteiger partial charge in [-0.15, -0.1) is 0 Å². The van der Waals surface area contributed by atoms with Gasteiger partial charge in [-0.2, -0.15) is 5.10 Å². The number of imidazole rings is 1. The second kappa shape index (κ2) is 7.22. The first-order chi connectivity index (χ1) is 14.6. The summed E-state index contributed by atoms with van der Waals surface area (Å²) in [6, 6.07) is 11.7. The maximum absolute atomic E-state index is 13.0. The number of carbonyl (C=O) groups is 2. The molecule has 8 nitrogen and oxygen atoms in total. The van der Waals surface area contributed by atoms with Gasteiger partial charge < -0.3 is 4.90 Å². The summed E-state index contributed by atoms with van der Waals surface area (Å²) in [7, 11) is 1.68. The van der Waals surface area contributed by atoms with Crippen molar-refractivity contribution in [1.82, 2.24) is 29.0 Å². The minimum atomic E-state index is -0.189. The number of aryl methyl sites for hydroxylation is 1. The van der Waals surface area contributed by atoms with Crippen molar-refractivity contribution in [2.45, 2.75) is 12.8 Å². The van der Waals surface area contributed by atoms with Gasteiger partial charge in [-0.05, 0) is 12.5 Å². The number of benzene rings is 1. The minimum Gasteiger partial charge on any atom is -0.338 e. The van der Waals surface area contributed by atoms with Crippen molar-refractivity contribution >= 4 is 17.5 Å². The van der Waals surface area contributed by atoms with Crippen molar-refractivity contribution < 1.29 is 9.59 Å². The first-order valence-corrected chi connectivity index (χ1v) is 9.84. The third-order valence-electron chi connectivity index (χ3n) is 5.37. The molecule has 4 aromatic rings. The molecule has 0 bridgehead atoms. The maximum Gasteiger partial charge on any atom is 0.257 e. The Kier molecular flexibility index (Phi) is 4.39. The third kappa shape index (κ3) is 3.16. The van der Waals surface area contributed by atoms with Crippen LogP contribution in [0, 0.1) is 0 Å². The summed E-state index contributed by atoms with van der Waals surface area (Å²) in [6.45, 7) is 1.45. The lowest BCUT2D eigenvalue weighted by Gasteiger charge is -2.30. The molecule has 1 saturated heterocycles. The van der Waals surface area contributed by atoms with E-state index in [1.807, 2.05) is 47.1 Å². The lowest BCUT2D eigenvalue weighted by molar-refractivity contribution is 0.0647. The number of likely N-dealkylation sites (tertiary alicyclic amines) is 1. The highest BCUT2D eigenvalue weighted by Crippen LogP contribution is 2.20. The van der Waals surface area contributed by atoms with E-state index in [1.165, 1.54) is 10.9 Å². The molecule has 3 aromatic heterocycles. The van der Waals surface area contributed by atoms with Crippen molar-refractivity contribution in [3.63, 3.8) is 0 Å². The van der Waals surface area contributed by atoms with Crippen LogP contribution in [0.2, 0.25) is 0 Å². The molecule has 150 valence electrons. The van der Waals surface area contributed by atoms with Crippen LogP contribution in [-0.2, 0) is 13.5 Å². The maximum atomic E-state index is 13.0. The van der Waals surface area contributed by atoms with Crippen LogP contribution < -0.4 is 0 Å². The topological polar surface area (TPSA) is 85.4 Å². The predicted octanol–water partition coefficient (Wildman–Crippen LogP) is 2.40. The Morgan fingerprint density at radius 3 is 2.60 bits per heavy atom. The predicted molar refractivity (Wildman–Crippen MR) is 110 cm³/mol. The number of ketones is 1. The second-order valence-electron chi connectivity index (χ2n) is 7.39. The lowest BCUT2D eigenvalue weighted by atomic mass is 10.1. The van der Waals surface area contributed by atoms with Gasteiger partial charge in [0.25, 0.3) is 5.91 Å². The molecule has 1 aromatic carbocycles. The van der Waals surface area contributed by atoms with Crippen LogP contribution in [0.3, 0.4) is 0 Å². The van der Waals surface area contributed by atoms with Gasteiger partial charge in [-0.3, -0.25) is 18.7 Å². The minimum absolute atomic E-state index is 0.0733. The highest BCUT2D eigenvalue weighted by Gasteiger charge is 2.28. The zero-order valence-corrected chi connectivity index (χ0v) is 16.5. The number of hydrogen-bond donors (Lipinski definition) is 0. The van der Waals surface area contributed by atoms with Crippen LogP contribution in [0.5, 0.6) is 0 Å². The molecule has 8 heteroatoms. The van der Waals surface area contributed by atoms with Gasteiger partial charge >= 0.3 is 0 Å². The van der Waals surface area contributed by atoms with Gasteiger partial charge in [0.15, 0.2) is 5.78 Å². The first kappa shape index (κ1) is 18.2. The largest absolute Gasteiger partial charge is 0.338 e. The van der Waals surface area contributed by atoms with Crippen LogP contribution in [0.15, 0.2) is 55.0 Å². The van der Waals surface area contributed by atoms with Gasteiger partial charge in [-0.1, -0.05) is 30.3 Å². The van der Waals surface area contributed by atoms with Crippen molar-refractivity contribution in [3.8, 4) is 11.3 Å². The first-order valence-electron chi connectivity index (χ1n) is 9.84. The second-order valence-corrected chi connectivity index (χ2v) is 7.39. The zero-order chi connectivity index (χ0) is 20.7. The molecular formula is C22H20N6O2.